The molecule has 1 aromatic carbocycles. The van der Waals surface area contributed by atoms with Gasteiger partial charge in [0.1, 0.15) is 0 Å². The van der Waals surface area contributed by atoms with Crippen molar-refractivity contribution in [3.63, 3.8) is 0 Å². The first kappa shape index (κ1) is 14.9. The first-order chi connectivity index (χ1) is 6.06. The average molecular weight is 206 g/mol. The lowest BCUT2D eigenvalue weighted by atomic mass is 10.2. The molecule has 0 heterocycles. The van der Waals surface area contributed by atoms with Crippen molar-refractivity contribution in [1.29, 1.82) is 5.39 Å². The van der Waals surface area contributed by atoms with Gasteiger partial charge in [-0.25, -0.2) is 0 Å². The topological polar surface area (TPSA) is 28.1 Å². The third kappa shape index (κ3) is 8.52. The molecule has 1 rings (SSSR count). The molecular weight excluding hydrogens is 199 g/mol. The summed E-state index contributed by atoms with van der Waals surface area (Å²) in [6.07, 6.45) is 0. The van der Waals surface area contributed by atoms with Crippen LogP contribution in [0.1, 0.15) is 5.56 Å². The van der Waals surface area contributed by atoms with E-state index in [0.717, 1.165) is 0 Å². The number of hydrogen-bond acceptors (Lipinski definition) is 1. The van der Waals surface area contributed by atoms with E-state index in [0.29, 0.717) is 5.69 Å². The summed E-state index contributed by atoms with van der Waals surface area (Å²) >= 11 is 0. The fourth-order valence-electron chi connectivity index (χ4n) is 0.611. The smallest absolute Gasteiger partial charge is 0.762 e. The molecule has 2 nitrogen and oxygen atoms in total. The lowest BCUT2D eigenvalue weighted by molar-refractivity contribution is -0.00000578. The van der Waals surface area contributed by atoms with Crippen molar-refractivity contribution in [3.8, 4) is 0 Å². The maximum absolute atomic E-state index is 9.67. The van der Waals surface area contributed by atoms with Crippen molar-refractivity contribution in [2.75, 3.05) is 0 Å². The van der Waals surface area contributed by atoms with Gasteiger partial charge in [0.25, 0.3) is 0 Å². The normalized spacial score (nSPS) is 7.36. The molecule has 0 atom stereocenters. The maximum atomic E-state index is 9.67. The molecule has 0 aliphatic heterocycles. The average Bonchev–Trinajstić information content (AvgIpc) is 2.05. The van der Waals surface area contributed by atoms with Gasteiger partial charge in [-0.15, -0.1) is 0 Å². The third-order valence-electron chi connectivity index (χ3n) is 1.15. The zero-order valence-corrected chi connectivity index (χ0v) is 7.29. The van der Waals surface area contributed by atoms with Crippen LogP contribution in [0.2, 0.25) is 0 Å². The predicted molar refractivity (Wildman–Crippen MR) is 45.0 cm³/mol. The summed E-state index contributed by atoms with van der Waals surface area (Å²) in [5, 5.41) is 8.25. The molecule has 1 aromatic rings. The number of diazo groups is 1. The van der Waals surface area contributed by atoms with Crippen LogP contribution in [0.25, 0.3) is 4.98 Å². The number of halogens is 4. The van der Waals surface area contributed by atoms with Crippen molar-refractivity contribution in [2.24, 2.45) is 0 Å². The quantitative estimate of drug-likeness (QED) is 0.342. The standard InChI is InChI=1S/C7H7N2.BF3.FH/c1-6-2-4-7(9-8)5-3-6;2-1(3)4;/h2-5H,1H3;;1H/q+1;;/p-1. The Bertz CT molecular complexity index is 280. The zero-order valence-electron chi connectivity index (χ0n) is 7.29. The summed E-state index contributed by atoms with van der Waals surface area (Å²) in [6, 6.07) is 7.31. The fraction of sp³-hybridized carbons (Fsp3) is 0.143. The number of hydrogen-bond donors (Lipinski definition) is 0. The molecule has 14 heavy (non-hydrogen) atoms. The van der Waals surface area contributed by atoms with Crippen LogP contribution in [-0.4, -0.2) is 7.54 Å². The zero-order chi connectivity index (χ0) is 10.3. The summed E-state index contributed by atoms with van der Waals surface area (Å²) in [7, 11) is -3.67. The SMILES string of the molecule is Cc1ccc([N+]#N)cc1.FB(F)F.[F-]. The van der Waals surface area contributed by atoms with Crippen LogP contribution >= 0.6 is 0 Å². The lowest BCUT2D eigenvalue weighted by Gasteiger charge is -1.81. The van der Waals surface area contributed by atoms with E-state index in [4.69, 9.17) is 5.39 Å². The minimum absolute atomic E-state index is 0. The molecule has 0 saturated heterocycles. The van der Waals surface area contributed by atoms with Gasteiger partial charge in [-0.05, 0) is 6.92 Å². The van der Waals surface area contributed by atoms with Gasteiger partial charge in [0.15, 0.2) is 4.98 Å². The molecular formula is C7H7BF4N2. The van der Waals surface area contributed by atoms with Crippen LogP contribution in [0.15, 0.2) is 24.3 Å². The minimum atomic E-state index is -3.67. The second-order valence-corrected chi connectivity index (χ2v) is 2.18. The highest BCUT2D eigenvalue weighted by Gasteiger charge is 2.06. The molecule has 0 aromatic heterocycles. The van der Waals surface area contributed by atoms with Crippen molar-refractivity contribution < 1.29 is 17.7 Å². The Labute approximate surface area is 79.0 Å². The second-order valence-electron chi connectivity index (χ2n) is 2.18. The maximum Gasteiger partial charge on any atom is 0.762 e. The van der Waals surface area contributed by atoms with Crippen molar-refractivity contribution in [1.82, 2.24) is 0 Å². The Morgan fingerprint density at radius 1 is 1.14 bits per heavy atom. The molecule has 0 aliphatic rings. The Morgan fingerprint density at radius 2 is 1.50 bits per heavy atom. The Balaban J connectivity index is 0. The first-order valence-electron chi connectivity index (χ1n) is 3.40. The summed E-state index contributed by atoms with van der Waals surface area (Å²) in [4.78, 5) is 3.01. The van der Waals surface area contributed by atoms with E-state index in [9.17, 15) is 12.9 Å². The highest BCUT2D eigenvalue weighted by atomic mass is 19.4. The van der Waals surface area contributed by atoms with Crippen molar-refractivity contribution >= 4 is 13.2 Å². The van der Waals surface area contributed by atoms with E-state index >= 15 is 0 Å². The van der Waals surface area contributed by atoms with Gasteiger partial charge in [-0.1, -0.05) is 17.7 Å². The van der Waals surface area contributed by atoms with Crippen LogP contribution in [-0.2, 0) is 0 Å². The van der Waals surface area contributed by atoms with Crippen molar-refractivity contribution in [3.05, 3.63) is 34.8 Å². The van der Waals surface area contributed by atoms with Crippen LogP contribution in [0, 0.1) is 12.3 Å². The molecule has 76 valence electrons. The molecule has 0 fully saturated rings. The van der Waals surface area contributed by atoms with E-state index in [-0.39, 0.29) is 4.70 Å². The van der Waals surface area contributed by atoms with E-state index in [1.165, 1.54) is 5.56 Å². The monoisotopic (exact) mass is 206 g/mol. The second kappa shape index (κ2) is 8.04. The minimum Gasteiger partial charge on any atom is -1.00 e. The fourth-order valence-corrected chi connectivity index (χ4v) is 0.611. The van der Waals surface area contributed by atoms with Gasteiger partial charge < -0.3 is 4.70 Å². The van der Waals surface area contributed by atoms with Crippen LogP contribution in [0.4, 0.5) is 18.6 Å². The van der Waals surface area contributed by atoms with E-state index in [1.54, 1.807) is 12.1 Å². The molecule has 0 unspecified atom stereocenters. The largest absolute Gasteiger partial charge is 1.00 e. The van der Waals surface area contributed by atoms with E-state index in [2.05, 4.69) is 4.98 Å². The molecule has 0 aliphatic carbocycles. The molecule has 0 amide bonds. The van der Waals surface area contributed by atoms with Crippen LogP contribution in [0.3, 0.4) is 0 Å². The molecule has 0 spiro atoms. The Hall–Kier alpha value is -1.58. The first-order valence-corrected chi connectivity index (χ1v) is 3.40. The summed E-state index contributed by atoms with van der Waals surface area (Å²) < 4.78 is 29.0. The lowest BCUT2D eigenvalue weighted by Crippen LogP contribution is -3.00. The number of nitrogens with zero attached hydrogens (tertiary/aromatic N) is 2. The molecule has 7 heteroatoms. The number of benzene rings is 1. The van der Waals surface area contributed by atoms with Gasteiger partial charge in [0.2, 0.25) is 5.39 Å². The third-order valence-corrected chi connectivity index (χ3v) is 1.15. The highest BCUT2D eigenvalue weighted by Crippen LogP contribution is 2.10. The van der Waals surface area contributed by atoms with Gasteiger partial charge in [0, 0.05) is 12.1 Å². The Morgan fingerprint density at radius 3 is 1.79 bits per heavy atom. The Kier molecular flexibility index (Phi) is 8.57. The summed E-state index contributed by atoms with van der Waals surface area (Å²) in [5.74, 6) is 0. The van der Waals surface area contributed by atoms with E-state index < -0.39 is 7.54 Å². The van der Waals surface area contributed by atoms with Crippen LogP contribution < -0.4 is 4.70 Å². The number of rotatable bonds is 0. The summed E-state index contributed by atoms with van der Waals surface area (Å²) in [5.41, 5.74) is 1.77. The molecule has 0 bridgehead atoms. The molecule has 0 N–H and O–H groups in total. The van der Waals surface area contributed by atoms with Crippen LogP contribution in [0.5, 0.6) is 0 Å². The van der Waals surface area contributed by atoms with Gasteiger partial charge in [-0.2, -0.15) is 0 Å². The van der Waals surface area contributed by atoms with Gasteiger partial charge in [-0.3, -0.25) is 12.9 Å². The van der Waals surface area contributed by atoms with Gasteiger partial charge in [0.05, 0.1) is 0 Å². The van der Waals surface area contributed by atoms with Crippen molar-refractivity contribution in [2.45, 2.75) is 6.92 Å². The molecule has 0 radical (unpaired) electrons. The highest BCUT2D eigenvalue weighted by molar-refractivity contribution is 6.33. The van der Waals surface area contributed by atoms with Gasteiger partial charge >= 0.3 is 13.2 Å². The summed E-state index contributed by atoms with van der Waals surface area (Å²) in [6.45, 7) is 1.99. The van der Waals surface area contributed by atoms with E-state index in [1.807, 2.05) is 19.1 Å². The molecule has 0 saturated carbocycles. The predicted octanol–water partition coefficient (Wildman–Crippen LogP) is 0.363. The number of aryl methyl sites for hydroxylation is 1.